The SMILES string of the molecule is O=C(/C=C/c1nc(C2CC2)ccc1-c1cnc[nH]1)C1CCCCC1. The van der Waals surface area contributed by atoms with Crippen molar-refractivity contribution in [2.45, 2.75) is 50.9 Å². The van der Waals surface area contributed by atoms with Crippen molar-refractivity contribution in [1.29, 1.82) is 0 Å². The maximum absolute atomic E-state index is 12.5. The zero-order valence-electron chi connectivity index (χ0n) is 13.9. The van der Waals surface area contributed by atoms with Crippen molar-refractivity contribution in [3.05, 3.63) is 42.1 Å². The van der Waals surface area contributed by atoms with Crippen LogP contribution in [0.25, 0.3) is 17.3 Å². The summed E-state index contributed by atoms with van der Waals surface area (Å²) in [6.45, 7) is 0. The van der Waals surface area contributed by atoms with Crippen LogP contribution in [0.3, 0.4) is 0 Å². The molecule has 2 aliphatic rings. The van der Waals surface area contributed by atoms with Crippen molar-refractivity contribution in [1.82, 2.24) is 15.0 Å². The quantitative estimate of drug-likeness (QED) is 0.824. The lowest BCUT2D eigenvalue weighted by atomic mass is 9.86. The van der Waals surface area contributed by atoms with E-state index in [9.17, 15) is 4.79 Å². The Morgan fingerprint density at radius 1 is 1.12 bits per heavy atom. The van der Waals surface area contributed by atoms with Crippen LogP contribution in [-0.4, -0.2) is 20.7 Å². The van der Waals surface area contributed by atoms with Gasteiger partial charge in [-0.1, -0.05) is 19.3 Å². The minimum Gasteiger partial charge on any atom is -0.345 e. The third-order valence-electron chi connectivity index (χ3n) is 5.14. The molecule has 2 aliphatic carbocycles. The number of carbonyl (C=O) groups excluding carboxylic acids is 1. The van der Waals surface area contributed by atoms with Crippen molar-refractivity contribution in [2.24, 2.45) is 5.92 Å². The molecule has 0 radical (unpaired) electrons. The summed E-state index contributed by atoms with van der Waals surface area (Å²) in [5.41, 5.74) is 3.95. The van der Waals surface area contributed by atoms with Crippen LogP contribution in [0.15, 0.2) is 30.7 Å². The van der Waals surface area contributed by atoms with Gasteiger partial charge in [-0.05, 0) is 50.0 Å². The topological polar surface area (TPSA) is 58.6 Å². The van der Waals surface area contributed by atoms with E-state index < -0.39 is 0 Å². The zero-order valence-corrected chi connectivity index (χ0v) is 13.9. The Balaban J connectivity index is 1.61. The molecular formula is C20H23N3O. The highest BCUT2D eigenvalue weighted by molar-refractivity contribution is 5.96. The molecule has 2 fully saturated rings. The van der Waals surface area contributed by atoms with Gasteiger partial charge in [0.2, 0.25) is 0 Å². The molecule has 2 heterocycles. The fourth-order valence-electron chi connectivity index (χ4n) is 3.54. The van der Waals surface area contributed by atoms with Crippen LogP contribution in [0.1, 0.15) is 62.3 Å². The summed E-state index contributed by atoms with van der Waals surface area (Å²) in [4.78, 5) is 24.5. The Bertz CT molecular complexity index is 738. The Morgan fingerprint density at radius 3 is 2.67 bits per heavy atom. The van der Waals surface area contributed by atoms with Gasteiger partial charge in [0.25, 0.3) is 0 Å². The summed E-state index contributed by atoms with van der Waals surface area (Å²) in [6.07, 6.45) is 15.3. The second kappa shape index (κ2) is 6.71. The first-order valence-electron chi connectivity index (χ1n) is 9.03. The van der Waals surface area contributed by atoms with E-state index in [1.807, 2.05) is 6.08 Å². The van der Waals surface area contributed by atoms with Crippen molar-refractivity contribution in [3.8, 4) is 11.3 Å². The van der Waals surface area contributed by atoms with Crippen LogP contribution < -0.4 is 0 Å². The molecule has 1 N–H and O–H groups in total. The predicted molar refractivity (Wildman–Crippen MR) is 94.4 cm³/mol. The summed E-state index contributed by atoms with van der Waals surface area (Å²) in [7, 11) is 0. The maximum Gasteiger partial charge on any atom is 0.158 e. The molecule has 0 spiro atoms. The lowest BCUT2D eigenvalue weighted by Gasteiger charge is -2.18. The van der Waals surface area contributed by atoms with Crippen molar-refractivity contribution in [2.75, 3.05) is 0 Å². The first-order valence-corrected chi connectivity index (χ1v) is 9.03. The average molecular weight is 321 g/mol. The molecule has 0 amide bonds. The highest BCUT2D eigenvalue weighted by Crippen LogP contribution is 2.40. The lowest BCUT2D eigenvalue weighted by Crippen LogP contribution is -2.15. The van der Waals surface area contributed by atoms with Gasteiger partial charge in [0, 0.05) is 23.1 Å². The molecule has 0 bridgehead atoms. The molecule has 4 heteroatoms. The van der Waals surface area contributed by atoms with E-state index >= 15 is 0 Å². The number of pyridine rings is 1. The number of rotatable bonds is 5. The number of nitrogens with one attached hydrogen (secondary N) is 1. The standard InChI is InChI=1S/C20H23N3O/c24-20(15-4-2-1-3-5-15)11-10-18-16(19-12-21-13-22-19)8-9-17(23-18)14-6-7-14/h8-15H,1-7H2,(H,21,22)/b11-10+. The lowest BCUT2D eigenvalue weighted by molar-refractivity contribution is -0.119. The minimum atomic E-state index is 0.206. The third-order valence-corrected chi connectivity index (χ3v) is 5.14. The predicted octanol–water partition coefficient (Wildman–Crippen LogP) is 4.51. The van der Waals surface area contributed by atoms with E-state index in [-0.39, 0.29) is 11.7 Å². The number of ketones is 1. The van der Waals surface area contributed by atoms with E-state index in [1.54, 1.807) is 18.6 Å². The van der Waals surface area contributed by atoms with Crippen LogP contribution in [0.2, 0.25) is 0 Å². The number of aromatic nitrogens is 3. The van der Waals surface area contributed by atoms with Crippen LogP contribution in [0.4, 0.5) is 0 Å². The molecular weight excluding hydrogens is 298 g/mol. The molecule has 0 aliphatic heterocycles. The van der Waals surface area contributed by atoms with Crippen LogP contribution in [0.5, 0.6) is 0 Å². The normalized spacial score (nSPS) is 19.0. The van der Waals surface area contributed by atoms with Gasteiger partial charge in [0.1, 0.15) is 0 Å². The molecule has 2 aromatic rings. The summed E-state index contributed by atoms with van der Waals surface area (Å²) in [5.74, 6) is 1.06. The van der Waals surface area contributed by atoms with Gasteiger partial charge in [0.15, 0.2) is 5.78 Å². The number of carbonyl (C=O) groups is 1. The molecule has 4 rings (SSSR count). The number of imidazole rings is 1. The van der Waals surface area contributed by atoms with E-state index in [0.29, 0.717) is 5.92 Å². The fourth-order valence-corrected chi connectivity index (χ4v) is 3.54. The highest BCUT2D eigenvalue weighted by atomic mass is 16.1. The summed E-state index contributed by atoms with van der Waals surface area (Å²) >= 11 is 0. The Kier molecular flexibility index (Phi) is 4.28. The van der Waals surface area contributed by atoms with Gasteiger partial charge in [-0.3, -0.25) is 9.78 Å². The van der Waals surface area contributed by atoms with Gasteiger partial charge in [-0.15, -0.1) is 0 Å². The molecule has 2 aromatic heterocycles. The Hall–Kier alpha value is -2.23. The summed E-state index contributed by atoms with van der Waals surface area (Å²) in [5, 5.41) is 0. The van der Waals surface area contributed by atoms with Gasteiger partial charge in [-0.25, -0.2) is 4.98 Å². The molecule has 4 nitrogen and oxygen atoms in total. The molecule has 0 unspecified atom stereocenters. The third kappa shape index (κ3) is 3.32. The number of aromatic amines is 1. The minimum absolute atomic E-state index is 0.206. The maximum atomic E-state index is 12.5. The first kappa shape index (κ1) is 15.3. The number of hydrogen-bond donors (Lipinski definition) is 1. The molecule has 0 saturated heterocycles. The Morgan fingerprint density at radius 2 is 1.96 bits per heavy atom. The molecule has 0 aromatic carbocycles. The average Bonchev–Trinajstić information content (AvgIpc) is 3.35. The Labute approximate surface area is 142 Å². The van der Waals surface area contributed by atoms with Gasteiger partial charge in [-0.2, -0.15) is 0 Å². The monoisotopic (exact) mass is 321 g/mol. The van der Waals surface area contributed by atoms with Crippen LogP contribution >= 0.6 is 0 Å². The van der Waals surface area contributed by atoms with E-state index in [4.69, 9.17) is 4.98 Å². The first-order chi connectivity index (χ1) is 11.8. The second-order valence-electron chi connectivity index (χ2n) is 6.98. The molecule has 24 heavy (non-hydrogen) atoms. The summed E-state index contributed by atoms with van der Waals surface area (Å²) in [6, 6.07) is 4.20. The number of nitrogens with zero attached hydrogens (tertiary/aromatic N) is 2. The second-order valence-corrected chi connectivity index (χ2v) is 6.98. The molecule has 124 valence electrons. The van der Waals surface area contributed by atoms with Gasteiger partial charge in [0.05, 0.1) is 23.9 Å². The highest BCUT2D eigenvalue weighted by Gasteiger charge is 2.25. The summed E-state index contributed by atoms with van der Waals surface area (Å²) < 4.78 is 0. The molecule has 0 atom stereocenters. The van der Waals surface area contributed by atoms with Crippen LogP contribution in [-0.2, 0) is 4.79 Å². The van der Waals surface area contributed by atoms with Crippen molar-refractivity contribution >= 4 is 11.9 Å². The van der Waals surface area contributed by atoms with E-state index in [1.165, 1.54) is 32.1 Å². The number of H-pyrrole nitrogens is 1. The molecule has 2 saturated carbocycles. The van der Waals surface area contributed by atoms with Crippen LogP contribution in [0, 0.1) is 5.92 Å². The number of hydrogen-bond acceptors (Lipinski definition) is 3. The van der Waals surface area contributed by atoms with Crippen molar-refractivity contribution in [3.63, 3.8) is 0 Å². The number of allylic oxidation sites excluding steroid dienone is 1. The van der Waals surface area contributed by atoms with E-state index in [2.05, 4.69) is 22.1 Å². The van der Waals surface area contributed by atoms with Gasteiger partial charge < -0.3 is 4.98 Å². The van der Waals surface area contributed by atoms with Gasteiger partial charge >= 0.3 is 0 Å². The largest absolute Gasteiger partial charge is 0.345 e. The smallest absolute Gasteiger partial charge is 0.158 e. The van der Waals surface area contributed by atoms with Crippen molar-refractivity contribution < 1.29 is 4.79 Å². The fraction of sp³-hybridized carbons (Fsp3) is 0.450. The zero-order chi connectivity index (χ0) is 16.4. The van der Waals surface area contributed by atoms with E-state index in [0.717, 1.165) is 35.5 Å².